The van der Waals surface area contributed by atoms with Crippen molar-refractivity contribution < 1.29 is 4.74 Å². The third-order valence-corrected chi connectivity index (χ3v) is 4.71. The van der Waals surface area contributed by atoms with Crippen LogP contribution in [0, 0.1) is 5.92 Å². The molecule has 1 unspecified atom stereocenters. The van der Waals surface area contributed by atoms with E-state index >= 15 is 0 Å². The van der Waals surface area contributed by atoms with E-state index in [0.717, 1.165) is 46.6 Å². The molecular weight excluding hydrogens is 268 g/mol. The quantitative estimate of drug-likeness (QED) is 0.926. The van der Waals surface area contributed by atoms with Crippen LogP contribution in [0.2, 0.25) is 5.02 Å². The summed E-state index contributed by atoms with van der Waals surface area (Å²) < 4.78 is 6.43. The highest BCUT2D eigenvalue weighted by molar-refractivity contribution is 7.22. The number of fused-ring (bicyclic) bond motifs is 1. The number of hydrogen-bond donors (Lipinski definition) is 1. The van der Waals surface area contributed by atoms with Gasteiger partial charge in [-0.3, -0.25) is 0 Å². The lowest BCUT2D eigenvalue weighted by Gasteiger charge is -2.06. The molecule has 1 aromatic carbocycles. The number of hydrogen-bond acceptors (Lipinski definition) is 4. The molecule has 5 heteroatoms. The summed E-state index contributed by atoms with van der Waals surface area (Å²) in [6.45, 7) is 2.78. The summed E-state index contributed by atoms with van der Waals surface area (Å²) in [6.07, 6.45) is 2.33. The topological polar surface area (TPSA) is 34.2 Å². The monoisotopic (exact) mass is 282 g/mol. The minimum Gasteiger partial charge on any atom is -0.381 e. The molecule has 1 aromatic heterocycles. The number of thiazole rings is 1. The lowest BCUT2D eigenvalue weighted by molar-refractivity contribution is 0.185. The van der Waals surface area contributed by atoms with Gasteiger partial charge in [0.25, 0.3) is 0 Å². The fraction of sp³-hybridized carbons (Fsp3) is 0.462. The molecule has 1 aliphatic rings. The molecule has 0 saturated carbocycles. The van der Waals surface area contributed by atoms with Gasteiger partial charge in [-0.25, -0.2) is 4.98 Å². The molecule has 0 amide bonds. The van der Waals surface area contributed by atoms with Crippen molar-refractivity contribution in [2.45, 2.75) is 12.8 Å². The molecule has 2 aromatic rings. The SMILES string of the molecule is Clc1cccc2nc(NCCC3CCOC3)sc12. The largest absolute Gasteiger partial charge is 0.381 e. The minimum atomic E-state index is 0.704. The van der Waals surface area contributed by atoms with Crippen LogP contribution in [-0.2, 0) is 4.74 Å². The molecule has 0 radical (unpaired) electrons. The van der Waals surface area contributed by atoms with Crippen molar-refractivity contribution in [1.82, 2.24) is 4.98 Å². The summed E-state index contributed by atoms with van der Waals surface area (Å²) in [5.41, 5.74) is 0.971. The third kappa shape index (κ3) is 2.60. The second-order valence-electron chi connectivity index (χ2n) is 4.55. The summed E-state index contributed by atoms with van der Waals surface area (Å²) in [6, 6.07) is 5.83. The van der Waals surface area contributed by atoms with Crippen LogP contribution >= 0.6 is 22.9 Å². The maximum atomic E-state index is 6.13. The average molecular weight is 283 g/mol. The predicted molar refractivity (Wildman–Crippen MR) is 76.7 cm³/mol. The fourth-order valence-corrected chi connectivity index (χ4v) is 3.37. The van der Waals surface area contributed by atoms with Gasteiger partial charge in [-0.2, -0.15) is 0 Å². The van der Waals surface area contributed by atoms with Crippen LogP contribution in [0.3, 0.4) is 0 Å². The first-order chi connectivity index (χ1) is 8.83. The smallest absolute Gasteiger partial charge is 0.183 e. The Hall–Kier alpha value is -0.840. The summed E-state index contributed by atoms with van der Waals surface area (Å²) in [4.78, 5) is 4.53. The molecule has 0 bridgehead atoms. The Morgan fingerprint density at radius 3 is 3.22 bits per heavy atom. The molecule has 0 aliphatic carbocycles. The summed E-state index contributed by atoms with van der Waals surface area (Å²) in [5.74, 6) is 0.704. The van der Waals surface area contributed by atoms with Crippen molar-refractivity contribution in [3.8, 4) is 0 Å². The van der Waals surface area contributed by atoms with Crippen LogP contribution in [0.5, 0.6) is 0 Å². The highest BCUT2D eigenvalue weighted by Crippen LogP contribution is 2.31. The second-order valence-corrected chi connectivity index (χ2v) is 5.96. The van der Waals surface area contributed by atoms with Crippen LogP contribution < -0.4 is 5.32 Å². The molecule has 1 atom stereocenters. The highest BCUT2D eigenvalue weighted by Gasteiger charge is 2.15. The average Bonchev–Trinajstić information content (AvgIpc) is 2.98. The lowest BCUT2D eigenvalue weighted by atomic mass is 10.1. The van der Waals surface area contributed by atoms with Gasteiger partial charge in [-0.1, -0.05) is 29.0 Å². The lowest BCUT2D eigenvalue weighted by Crippen LogP contribution is -2.08. The van der Waals surface area contributed by atoms with E-state index in [1.807, 2.05) is 18.2 Å². The maximum Gasteiger partial charge on any atom is 0.183 e. The van der Waals surface area contributed by atoms with Gasteiger partial charge in [0.15, 0.2) is 5.13 Å². The van der Waals surface area contributed by atoms with E-state index in [9.17, 15) is 0 Å². The predicted octanol–water partition coefficient (Wildman–Crippen LogP) is 3.79. The Bertz CT molecular complexity index is 537. The Labute approximate surface area is 115 Å². The van der Waals surface area contributed by atoms with Crippen LogP contribution in [0.1, 0.15) is 12.8 Å². The zero-order chi connectivity index (χ0) is 12.4. The molecule has 1 aliphatic heterocycles. The Morgan fingerprint density at radius 1 is 1.50 bits per heavy atom. The molecule has 96 valence electrons. The van der Waals surface area contributed by atoms with Gasteiger partial charge < -0.3 is 10.1 Å². The van der Waals surface area contributed by atoms with Crippen molar-refractivity contribution in [2.24, 2.45) is 5.92 Å². The van der Waals surface area contributed by atoms with E-state index in [1.165, 1.54) is 6.42 Å². The standard InChI is InChI=1S/C13H15ClN2OS/c14-10-2-1-3-11-12(10)18-13(16-11)15-6-4-9-5-7-17-8-9/h1-3,9H,4-8H2,(H,15,16). The van der Waals surface area contributed by atoms with E-state index in [0.29, 0.717) is 5.92 Å². The van der Waals surface area contributed by atoms with Crippen molar-refractivity contribution in [1.29, 1.82) is 0 Å². The highest BCUT2D eigenvalue weighted by atomic mass is 35.5. The first-order valence-electron chi connectivity index (χ1n) is 6.19. The van der Waals surface area contributed by atoms with Gasteiger partial charge in [0, 0.05) is 19.8 Å². The number of nitrogens with zero attached hydrogens (tertiary/aromatic N) is 1. The Kier molecular flexibility index (Phi) is 3.68. The molecule has 1 N–H and O–H groups in total. The molecule has 18 heavy (non-hydrogen) atoms. The number of halogens is 1. The first-order valence-corrected chi connectivity index (χ1v) is 7.39. The number of rotatable bonds is 4. The van der Waals surface area contributed by atoms with Gasteiger partial charge in [0.2, 0.25) is 0 Å². The van der Waals surface area contributed by atoms with Crippen LogP contribution in [-0.4, -0.2) is 24.7 Å². The van der Waals surface area contributed by atoms with Gasteiger partial charge in [-0.05, 0) is 30.9 Å². The van der Waals surface area contributed by atoms with Gasteiger partial charge in [0.1, 0.15) is 0 Å². The summed E-state index contributed by atoms with van der Waals surface area (Å²) >= 11 is 7.76. The number of aromatic nitrogens is 1. The van der Waals surface area contributed by atoms with E-state index in [4.69, 9.17) is 16.3 Å². The van der Waals surface area contributed by atoms with Crippen molar-refractivity contribution >= 4 is 38.3 Å². The van der Waals surface area contributed by atoms with Crippen molar-refractivity contribution in [2.75, 3.05) is 25.1 Å². The molecule has 3 rings (SSSR count). The summed E-state index contributed by atoms with van der Waals surface area (Å²) in [7, 11) is 0. The van der Waals surface area contributed by atoms with E-state index in [-0.39, 0.29) is 0 Å². The fourth-order valence-electron chi connectivity index (χ4n) is 2.19. The Balaban J connectivity index is 1.62. The molecule has 3 nitrogen and oxygen atoms in total. The number of nitrogens with one attached hydrogen (secondary N) is 1. The normalized spacial score (nSPS) is 19.5. The van der Waals surface area contributed by atoms with Gasteiger partial charge in [0.05, 0.1) is 15.2 Å². The van der Waals surface area contributed by atoms with E-state index < -0.39 is 0 Å². The number of anilines is 1. The van der Waals surface area contributed by atoms with Crippen LogP contribution in [0.15, 0.2) is 18.2 Å². The van der Waals surface area contributed by atoms with Crippen molar-refractivity contribution in [3.63, 3.8) is 0 Å². The van der Waals surface area contributed by atoms with E-state index in [2.05, 4.69) is 10.3 Å². The van der Waals surface area contributed by atoms with Crippen LogP contribution in [0.25, 0.3) is 10.2 Å². The number of ether oxygens (including phenoxy) is 1. The molecule has 1 saturated heterocycles. The second kappa shape index (κ2) is 5.43. The van der Waals surface area contributed by atoms with E-state index in [1.54, 1.807) is 11.3 Å². The summed E-state index contributed by atoms with van der Waals surface area (Å²) in [5, 5.41) is 5.12. The zero-order valence-corrected chi connectivity index (χ0v) is 11.6. The molecule has 1 fully saturated rings. The third-order valence-electron chi connectivity index (χ3n) is 3.22. The van der Waals surface area contributed by atoms with Gasteiger partial charge in [-0.15, -0.1) is 0 Å². The van der Waals surface area contributed by atoms with Crippen LogP contribution in [0.4, 0.5) is 5.13 Å². The maximum absolute atomic E-state index is 6.13. The first kappa shape index (κ1) is 12.2. The Morgan fingerprint density at radius 2 is 2.44 bits per heavy atom. The zero-order valence-electron chi connectivity index (χ0n) is 9.99. The molecular formula is C13H15ClN2OS. The molecule has 0 spiro atoms. The molecule has 2 heterocycles. The number of benzene rings is 1. The van der Waals surface area contributed by atoms with Gasteiger partial charge >= 0.3 is 0 Å². The minimum absolute atomic E-state index is 0.704. The van der Waals surface area contributed by atoms with Crippen molar-refractivity contribution in [3.05, 3.63) is 23.2 Å².